The van der Waals surface area contributed by atoms with Crippen molar-refractivity contribution in [2.24, 2.45) is 5.73 Å². The lowest BCUT2D eigenvalue weighted by molar-refractivity contribution is 0.100. The first kappa shape index (κ1) is 13.2. The topological polar surface area (TPSA) is 72.2 Å². The number of hydrogen-bond acceptors (Lipinski definition) is 3. The molecule has 6 heteroatoms. The summed E-state index contributed by atoms with van der Waals surface area (Å²) in [5.74, 6) is -1.40. The van der Waals surface area contributed by atoms with Crippen molar-refractivity contribution in [3.63, 3.8) is 0 Å². The molecule has 0 atom stereocenters. The average molecular weight is 278 g/mol. The van der Waals surface area contributed by atoms with Crippen LogP contribution in [0.4, 0.5) is 9.39 Å². The third-order valence-electron chi connectivity index (χ3n) is 2.59. The lowest BCUT2D eigenvalue weighted by Crippen LogP contribution is -2.17. The second-order valence-corrected chi connectivity index (χ2v) is 4.86. The maximum atomic E-state index is 13.0. The van der Waals surface area contributed by atoms with Gasteiger partial charge in [0.1, 0.15) is 10.8 Å². The van der Waals surface area contributed by atoms with Crippen LogP contribution in [0.5, 0.6) is 0 Å². The van der Waals surface area contributed by atoms with Crippen LogP contribution in [0.3, 0.4) is 0 Å². The third-order valence-corrected chi connectivity index (χ3v) is 3.42. The second kappa shape index (κ2) is 5.19. The largest absolute Gasteiger partial charge is 0.366 e. The summed E-state index contributed by atoms with van der Waals surface area (Å²) in [5.41, 5.74) is 6.33. The standard InChI is InChI=1S/C13H11FN2O2S/c1-7-6-8(14)2-3-9(7)12(18)16-13-10(11(15)17)4-5-19-13/h2-6H,1H3,(H2,15,17)(H,16,18). The Morgan fingerprint density at radius 1 is 1.26 bits per heavy atom. The molecule has 3 N–H and O–H groups in total. The summed E-state index contributed by atoms with van der Waals surface area (Å²) in [4.78, 5) is 23.2. The van der Waals surface area contributed by atoms with E-state index in [1.807, 2.05) is 0 Å². The van der Waals surface area contributed by atoms with Gasteiger partial charge in [-0.1, -0.05) is 0 Å². The number of nitrogens with one attached hydrogen (secondary N) is 1. The average Bonchev–Trinajstić information content (AvgIpc) is 2.76. The van der Waals surface area contributed by atoms with Gasteiger partial charge in [-0.05, 0) is 42.1 Å². The molecule has 0 aliphatic carbocycles. The zero-order chi connectivity index (χ0) is 14.0. The van der Waals surface area contributed by atoms with Gasteiger partial charge in [0.05, 0.1) is 5.56 Å². The summed E-state index contributed by atoms with van der Waals surface area (Å²) in [6.45, 7) is 1.64. The molecule has 0 aliphatic rings. The number of rotatable bonds is 3. The minimum atomic E-state index is -0.604. The van der Waals surface area contributed by atoms with E-state index in [0.717, 1.165) is 0 Å². The quantitative estimate of drug-likeness (QED) is 0.905. The van der Waals surface area contributed by atoms with Crippen molar-refractivity contribution >= 4 is 28.2 Å². The zero-order valence-electron chi connectivity index (χ0n) is 10.1. The van der Waals surface area contributed by atoms with Gasteiger partial charge in [0.25, 0.3) is 11.8 Å². The van der Waals surface area contributed by atoms with Gasteiger partial charge in [-0.2, -0.15) is 0 Å². The Morgan fingerprint density at radius 2 is 2.00 bits per heavy atom. The predicted molar refractivity (Wildman–Crippen MR) is 71.9 cm³/mol. The van der Waals surface area contributed by atoms with Gasteiger partial charge in [-0.3, -0.25) is 9.59 Å². The first-order valence-electron chi connectivity index (χ1n) is 5.44. The number of hydrogen-bond donors (Lipinski definition) is 2. The molecular weight excluding hydrogens is 267 g/mol. The van der Waals surface area contributed by atoms with E-state index >= 15 is 0 Å². The molecule has 0 unspecified atom stereocenters. The fourth-order valence-corrected chi connectivity index (χ4v) is 2.44. The molecule has 2 aromatic rings. The van der Waals surface area contributed by atoms with Crippen LogP contribution >= 0.6 is 11.3 Å². The van der Waals surface area contributed by atoms with Gasteiger partial charge in [-0.15, -0.1) is 11.3 Å². The van der Waals surface area contributed by atoms with Gasteiger partial charge in [-0.25, -0.2) is 4.39 Å². The van der Waals surface area contributed by atoms with Crippen LogP contribution in [-0.2, 0) is 0 Å². The van der Waals surface area contributed by atoms with Crippen LogP contribution in [-0.4, -0.2) is 11.8 Å². The number of primary amides is 1. The molecule has 0 saturated carbocycles. The molecule has 1 aromatic heterocycles. The fourth-order valence-electron chi connectivity index (χ4n) is 1.65. The van der Waals surface area contributed by atoms with Gasteiger partial charge in [0, 0.05) is 5.56 Å². The molecule has 0 saturated heterocycles. The number of anilines is 1. The van der Waals surface area contributed by atoms with Crippen molar-refractivity contribution in [1.29, 1.82) is 0 Å². The van der Waals surface area contributed by atoms with Crippen LogP contribution < -0.4 is 11.1 Å². The Hall–Kier alpha value is -2.21. The minimum absolute atomic E-state index is 0.262. The molecular formula is C13H11FN2O2S. The fraction of sp³-hybridized carbons (Fsp3) is 0.0769. The second-order valence-electron chi connectivity index (χ2n) is 3.94. The van der Waals surface area contributed by atoms with Gasteiger partial charge >= 0.3 is 0 Å². The van der Waals surface area contributed by atoms with E-state index in [4.69, 9.17) is 5.73 Å². The highest BCUT2D eigenvalue weighted by molar-refractivity contribution is 7.14. The first-order valence-corrected chi connectivity index (χ1v) is 6.32. The number of amides is 2. The highest BCUT2D eigenvalue weighted by Gasteiger charge is 2.15. The van der Waals surface area contributed by atoms with E-state index in [1.54, 1.807) is 18.4 Å². The number of thiophene rings is 1. The van der Waals surface area contributed by atoms with E-state index in [1.165, 1.54) is 29.5 Å². The molecule has 0 fully saturated rings. The van der Waals surface area contributed by atoms with Crippen molar-refractivity contribution in [1.82, 2.24) is 0 Å². The van der Waals surface area contributed by atoms with Crippen molar-refractivity contribution in [3.05, 3.63) is 52.2 Å². The highest BCUT2D eigenvalue weighted by atomic mass is 32.1. The Morgan fingerprint density at radius 3 is 2.63 bits per heavy atom. The monoisotopic (exact) mass is 278 g/mol. The molecule has 2 rings (SSSR count). The smallest absolute Gasteiger partial charge is 0.256 e. The number of aryl methyl sites for hydroxylation is 1. The Bertz CT molecular complexity index is 652. The van der Waals surface area contributed by atoms with Crippen molar-refractivity contribution < 1.29 is 14.0 Å². The normalized spacial score (nSPS) is 10.2. The summed E-state index contributed by atoms with van der Waals surface area (Å²) < 4.78 is 13.0. The number of halogens is 1. The molecule has 0 aliphatic heterocycles. The summed E-state index contributed by atoms with van der Waals surface area (Å²) >= 11 is 1.20. The molecule has 1 aromatic carbocycles. The van der Waals surface area contributed by atoms with Crippen molar-refractivity contribution in [3.8, 4) is 0 Å². The van der Waals surface area contributed by atoms with Crippen molar-refractivity contribution in [2.45, 2.75) is 6.92 Å². The first-order chi connectivity index (χ1) is 8.99. The van der Waals surface area contributed by atoms with E-state index in [9.17, 15) is 14.0 Å². The van der Waals surface area contributed by atoms with Crippen LogP contribution in [0.15, 0.2) is 29.6 Å². The number of nitrogens with two attached hydrogens (primary N) is 1. The van der Waals surface area contributed by atoms with Crippen LogP contribution in [0.1, 0.15) is 26.3 Å². The Labute approximate surface area is 113 Å². The predicted octanol–water partition coefficient (Wildman–Crippen LogP) is 2.55. The van der Waals surface area contributed by atoms with Gasteiger partial charge in [0.15, 0.2) is 0 Å². The SMILES string of the molecule is Cc1cc(F)ccc1C(=O)Nc1sccc1C(N)=O. The molecule has 0 bridgehead atoms. The lowest BCUT2D eigenvalue weighted by Gasteiger charge is -2.07. The van der Waals surface area contributed by atoms with E-state index in [2.05, 4.69) is 5.32 Å². The van der Waals surface area contributed by atoms with Crippen LogP contribution in [0, 0.1) is 12.7 Å². The molecule has 0 radical (unpaired) electrons. The van der Waals surface area contributed by atoms with E-state index in [-0.39, 0.29) is 5.56 Å². The molecule has 0 spiro atoms. The minimum Gasteiger partial charge on any atom is -0.366 e. The molecule has 1 heterocycles. The number of carbonyl (C=O) groups is 2. The highest BCUT2D eigenvalue weighted by Crippen LogP contribution is 2.24. The number of carbonyl (C=O) groups excluding carboxylic acids is 2. The summed E-state index contributed by atoms with van der Waals surface area (Å²) in [5, 5.41) is 4.65. The third kappa shape index (κ3) is 2.79. The van der Waals surface area contributed by atoms with Crippen LogP contribution in [0.25, 0.3) is 0 Å². The number of benzene rings is 1. The summed E-state index contributed by atoms with van der Waals surface area (Å²) in [6.07, 6.45) is 0. The Kier molecular flexibility index (Phi) is 3.62. The maximum absolute atomic E-state index is 13.0. The van der Waals surface area contributed by atoms with Crippen molar-refractivity contribution in [2.75, 3.05) is 5.32 Å². The van der Waals surface area contributed by atoms with Gasteiger partial charge in [0.2, 0.25) is 0 Å². The zero-order valence-corrected chi connectivity index (χ0v) is 10.9. The molecule has 98 valence electrons. The summed E-state index contributed by atoms with van der Waals surface area (Å²) in [6, 6.07) is 5.43. The van der Waals surface area contributed by atoms with Crippen LogP contribution in [0.2, 0.25) is 0 Å². The molecule has 19 heavy (non-hydrogen) atoms. The van der Waals surface area contributed by atoms with E-state index in [0.29, 0.717) is 16.1 Å². The lowest BCUT2D eigenvalue weighted by atomic mass is 10.1. The summed E-state index contributed by atoms with van der Waals surface area (Å²) in [7, 11) is 0. The maximum Gasteiger partial charge on any atom is 0.256 e. The Balaban J connectivity index is 2.26. The van der Waals surface area contributed by atoms with E-state index < -0.39 is 17.6 Å². The molecule has 2 amide bonds. The van der Waals surface area contributed by atoms with Gasteiger partial charge < -0.3 is 11.1 Å². The molecule has 4 nitrogen and oxygen atoms in total.